The molecule has 0 saturated carbocycles. The number of nitrogens with one attached hydrogen (secondary N) is 2. The van der Waals surface area contributed by atoms with Gasteiger partial charge >= 0.3 is 12.1 Å². The van der Waals surface area contributed by atoms with Crippen molar-refractivity contribution in [2.45, 2.75) is 39.5 Å². The van der Waals surface area contributed by atoms with E-state index >= 15 is 0 Å². The molecule has 2 atom stereocenters. The number of esters is 1. The van der Waals surface area contributed by atoms with Crippen LogP contribution in [0.25, 0.3) is 10.9 Å². The summed E-state index contributed by atoms with van der Waals surface area (Å²) in [6, 6.07) is 15.2. The van der Waals surface area contributed by atoms with E-state index in [4.69, 9.17) is 9.47 Å². The number of alkyl carbamates (subject to hydrolysis) is 1. The van der Waals surface area contributed by atoms with Gasteiger partial charge in [-0.3, -0.25) is 4.79 Å². The van der Waals surface area contributed by atoms with Gasteiger partial charge in [-0.1, -0.05) is 56.3 Å². The van der Waals surface area contributed by atoms with Crippen molar-refractivity contribution < 1.29 is 19.1 Å². The summed E-state index contributed by atoms with van der Waals surface area (Å²) >= 11 is 0. The van der Waals surface area contributed by atoms with Crippen molar-refractivity contribution in [2.24, 2.45) is 5.92 Å². The smallest absolute Gasteiger partial charge is 0.408 e. The second kappa shape index (κ2) is 9.88. The minimum absolute atomic E-state index is 0.0885. The Balaban J connectivity index is 1.64. The van der Waals surface area contributed by atoms with Gasteiger partial charge in [0.25, 0.3) is 5.56 Å². The number of ether oxygens (including phenoxy) is 2. The van der Waals surface area contributed by atoms with E-state index < -0.39 is 24.2 Å². The van der Waals surface area contributed by atoms with Crippen LogP contribution >= 0.6 is 0 Å². The summed E-state index contributed by atoms with van der Waals surface area (Å²) in [5.41, 5.74) is 1.03. The number of aromatic nitrogens is 2. The van der Waals surface area contributed by atoms with Crippen molar-refractivity contribution in [3.8, 4) is 0 Å². The molecule has 1 aromatic heterocycles. The molecule has 2 aromatic carbocycles. The van der Waals surface area contributed by atoms with E-state index in [0.717, 1.165) is 5.56 Å². The first-order chi connectivity index (χ1) is 14.8. The third-order valence-corrected chi connectivity index (χ3v) is 4.72. The molecule has 8 heteroatoms. The number of carbonyl (C=O) groups is 2. The van der Waals surface area contributed by atoms with E-state index in [9.17, 15) is 14.4 Å². The first kappa shape index (κ1) is 22.0. The fourth-order valence-corrected chi connectivity index (χ4v) is 2.99. The molecule has 0 aliphatic heterocycles. The molecule has 0 spiro atoms. The van der Waals surface area contributed by atoms with Gasteiger partial charge in [-0.05, 0) is 30.5 Å². The largest absolute Gasteiger partial charge is 0.453 e. The van der Waals surface area contributed by atoms with Crippen LogP contribution in [0, 0.1) is 5.92 Å². The minimum Gasteiger partial charge on any atom is -0.453 e. The zero-order chi connectivity index (χ0) is 22.4. The molecule has 0 aliphatic rings. The van der Waals surface area contributed by atoms with Crippen molar-refractivity contribution >= 4 is 23.0 Å². The number of para-hydroxylation sites is 1. The summed E-state index contributed by atoms with van der Waals surface area (Å²) in [7, 11) is 0. The zero-order valence-electron chi connectivity index (χ0n) is 17.6. The summed E-state index contributed by atoms with van der Waals surface area (Å²) < 4.78 is 10.7. The number of H-pyrrole nitrogens is 1. The van der Waals surface area contributed by atoms with Crippen LogP contribution < -0.4 is 10.9 Å². The van der Waals surface area contributed by atoms with Crippen LogP contribution in [-0.4, -0.2) is 28.1 Å². The average molecular weight is 423 g/mol. The lowest BCUT2D eigenvalue weighted by Gasteiger charge is -2.22. The molecule has 2 N–H and O–H groups in total. The summed E-state index contributed by atoms with van der Waals surface area (Å²) in [6.07, 6.45) is -1.53. The average Bonchev–Trinajstić information content (AvgIpc) is 2.76. The first-order valence-corrected chi connectivity index (χ1v) is 10.0. The highest BCUT2D eigenvalue weighted by Gasteiger charge is 2.28. The molecule has 162 valence electrons. The van der Waals surface area contributed by atoms with E-state index in [1.54, 1.807) is 45.0 Å². The Hall–Kier alpha value is -3.68. The van der Waals surface area contributed by atoms with E-state index in [-0.39, 0.29) is 23.9 Å². The lowest BCUT2D eigenvalue weighted by Crippen LogP contribution is -2.45. The van der Waals surface area contributed by atoms with Crippen LogP contribution in [0.2, 0.25) is 0 Å². The van der Waals surface area contributed by atoms with Crippen LogP contribution in [0.15, 0.2) is 59.4 Å². The molecule has 0 bridgehead atoms. The second-order valence-corrected chi connectivity index (χ2v) is 7.48. The number of hydrogen-bond donors (Lipinski definition) is 2. The molecule has 0 aliphatic carbocycles. The monoisotopic (exact) mass is 423 g/mol. The molecule has 1 amide bonds. The molecular weight excluding hydrogens is 398 g/mol. The molecule has 0 saturated heterocycles. The number of aromatic amines is 1. The normalized spacial score (nSPS) is 12.9. The quantitative estimate of drug-likeness (QED) is 0.563. The van der Waals surface area contributed by atoms with Gasteiger partial charge in [0, 0.05) is 0 Å². The van der Waals surface area contributed by atoms with Crippen molar-refractivity contribution in [1.82, 2.24) is 15.3 Å². The summed E-state index contributed by atoms with van der Waals surface area (Å²) in [5, 5.41) is 3.01. The lowest BCUT2D eigenvalue weighted by atomic mass is 10.1. The number of nitrogens with zero attached hydrogens (tertiary/aromatic N) is 1. The Labute approximate surface area is 179 Å². The molecule has 0 radical (unpaired) electrons. The van der Waals surface area contributed by atoms with Crippen LogP contribution in [0.5, 0.6) is 0 Å². The standard InChI is InChI=1S/C23H25N3O5/c1-14(2)19(25-23(29)30-13-16-9-5-4-6-10-16)22(28)31-15(3)20-24-18-12-8-7-11-17(18)21(27)26-20/h4-12,14-15,19H,13H2,1-3H3,(H,25,29)(H,24,26,27)/t15-,19-/m0/s1. The fourth-order valence-electron chi connectivity index (χ4n) is 2.99. The third-order valence-electron chi connectivity index (χ3n) is 4.72. The van der Waals surface area contributed by atoms with Crippen molar-refractivity contribution in [2.75, 3.05) is 0 Å². The molecule has 0 fully saturated rings. The Morgan fingerprint density at radius 1 is 1.03 bits per heavy atom. The van der Waals surface area contributed by atoms with E-state index in [2.05, 4.69) is 15.3 Å². The van der Waals surface area contributed by atoms with E-state index in [1.807, 2.05) is 30.3 Å². The predicted molar refractivity (Wildman–Crippen MR) is 115 cm³/mol. The second-order valence-electron chi connectivity index (χ2n) is 7.48. The van der Waals surface area contributed by atoms with Crippen molar-refractivity contribution in [1.29, 1.82) is 0 Å². The Morgan fingerprint density at radius 2 is 1.71 bits per heavy atom. The maximum atomic E-state index is 12.7. The van der Waals surface area contributed by atoms with Gasteiger partial charge in [-0.2, -0.15) is 0 Å². The van der Waals surface area contributed by atoms with Gasteiger partial charge in [0.1, 0.15) is 12.6 Å². The van der Waals surface area contributed by atoms with Gasteiger partial charge < -0.3 is 19.8 Å². The van der Waals surface area contributed by atoms with Crippen molar-refractivity contribution in [3.63, 3.8) is 0 Å². The number of rotatable bonds is 7. The van der Waals surface area contributed by atoms with Gasteiger partial charge in [-0.15, -0.1) is 0 Å². The molecule has 0 unspecified atom stereocenters. The predicted octanol–water partition coefficient (Wildman–Crippen LogP) is 3.48. The maximum Gasteiger partial charge on any atom is 0.408 e. The fraction of sp³-hybridized carbons (Fsp3) is 0.304. The van der Waals surface area contributed by atoms with Crippen LogP contribution in [0.3, 0.4) is 0 Å². The van der Waals surface area contributed by atoms with E-state index in [1.165, 1.54) is 0 Å². The number of carbonyl (C=O) groups excluding carboxylic acids is 2. The molecule has 3 rings (SSSR count). The molecule has 8 nitrogen and oxygen atoms in total. The maximum absolute atomic E-state index is 12.7. The van der Waals surface area contributed by atoms with Crippen LogP contribution in [0.1, 0.15) is 38.3 Å². The van der Waals surface area contributed by atoms with Crippen LogP contribution in [0.4, 0.5) is 4.79 Å². The highest BCUT2D eigenvalue weighted by molar-refractivity contribution is 5.82. The lowest BCUT2D eigenvalue weighted by molar-refractivity contribution is -0.152. The molecule has 31 heavy (non-hydrogen) atoms. The van der Waals surface area contributed by atoms with Gasteiger partial charge in [0.15, 0.2) is 11.9 Å². The first-order valence-electron chi connectivity index (χ1n) is 10.0. The molecule has 3 aromatic rings. The van der Waals surface area contributed by atoms with Gasteiger partial charge in [0.2, 0.25) is 0 Å². The number of hydrogen-bond acceptors (Lipinski definition) is 6. The third kappa shape index (κ3) is 5.69. The number of amides is 1. The summed E-state index contributed by atoms with van der Waals surface area (Å²) in [4.78, 5) is 44.2. The highest BCUT2D eigenvalue weighted by atomic mass is 16.6. The molecular formula is C23H25N3O5. The minimum atomic E-state index is -0.919. The summed E-state index contributed by atoms with van der Waals surface area (Å²) in [5.74, 6) is -0.659. The van der Waals surface area contributed by atoms with Gasteiger partial charge in [0.05, 0.1) is 10.9 Å². The Morgan fingerprint density at radius 3 is 2.42 bits per heavy atom. The topological polar surface area (TPSA) is 110 Å². The Bertz CT molecular complexity index is 1110. The Kier molecular flexibility index (Phi) is 7.02. The SMILES string of the molecule is CC(C)[C@H](NC(=O)OCc1ccccc1)C(=O)O[C@@H](C)c1nc2ccccc2c(=O)[nH]1. The highest BCUT2D eigenvalue weighted by Crippen LogP contribution is 2.17. The van der Waals surface area contributed by atoms with Gasteiger partial charge in [-0.25, -0.2) is 14.6 Å². The zero-order valence-corrected chi connectivity index (χ0v) is 17.6. The van der Waals surface area contributed by atoms with Crippen LogP contribution in [-0.2, 0) is 20.9 Å². The number of fused-ring (bicyclic) bond motifs is 1. The van der Waals surface area contributed by atoms with Crippen molar-refractivity contribution in [3.05, 3.63) is 76.3 Å². The summed E-state index contributed by atoms with van der Waals surface area (Å²) in [6.45, 7) is 5.26. The molecule has 1 heterocycles. The number of benzene rings is 2. The van der Waals surface area contributed by atoms with E-state index in [0.29, 0.717) is 10.9 Å².